The van der Waals surface area contributed by atoms with Gasteiger partial charge in [0.25, 0.3) is 0 Å². The average molecular weight is 391 g/mol. The quantitative estimate of drug-likeness (QED) is 0.435. The van der Waals surface area contributed by atoms with Gasteiger partial charge in [-0.05, 0) is 52.2 Å². The number of esters is 2. The fraction of sp³-hybridized carbons (Fsp3) is 0.571. The maximum Gasteiger partial charge on any atom is 0.410 e. The highest BCUT2D eigenvalue weighted by molar-refractivity contribution is 5.96. The second-order valence-corrected chi connectivity index (χ2v) is 7.55. The maximum absolute atomic E-state index is 12.9. The molecule has 1 atom stereocenters. The Balaban J connectivity index is 2.52. The Labute approximate surface area is 165 Å². The van der Waals surface area contributed by atoms with Gasteiger partial charge in [0.2, 0.25) is 0 Å². The lowest BCUT2D eigenvalue weighted by atomic mass is 9.84. The van der Waals surface area contributed by atoms with Gasteiger partial charge in [0.05, 0.1) is 19.3 Å². The molecule has 0 N–H and O–H groups in total. The molecule has 0 radical (unpaired) electrons. The fourth-order valence-electron chi connectivity index (χ4n) is 3.30. The number of nitrogens with zero attached hydrogens (tertiary/aromatic N) is 1. The SMILES string of the molecule is CCOC(=O)C(C(=O)OCC)C1c2ccccc2CCN1C(=O)OC(C)(C)C. The van der Waals surface area contributed by atoms with Gasteiger partial charge >= 0.3 is 18.0 Å². The van der Waals surface area contributed by atoms with Crippen molar-refractivity contribution in [2.45, 2.75) is 52.7 Å². The van der Waals surface area contributed by atoms with Crippen LogP contribution in [0.15, 0.2) is 24.3 Å². The Hall–Kier alpha value is -2.57. The highest BCUT2D eigenvalue weighted by atomic mass is 16.6. The van der Waals surface area contributed by atoms with E-state index in [9.17, 15) is 14.4 Å². The van der Waals surface area contributed by atoms with Crippen LogP contribution in [0.5, 0.6) is 0 Å². The molecule has 0 bridgehead atoms. The van der Waals surface area contributed by atoms with Crippen molar-refractivity contribution in [3.8, 4) is 0 Å². The highest BCUT2D eigenvalue weighted by Crippen LogP contribution is 2.37. The molecule has 7 nitrogen and oxygen atoms in total. The molecule has 0 aromatic heterocycles. The Bertz CT molecular complexity index is 706. The minimum atomic E-state index is -1.28. The lowest BCUT2D eigenvalue weighted by molar-refractivity contribution is -0.165. The third-order valence-electron chi connectivity index (χ3n) is 4.36. The number of hydrogen-bond donors (Lipinski definition) is 0. The lowest BCUT2D eigenvalue weighted by Gasteiger charge is -2.40. The lowest BCUT2D eigenvalue weighted by Crippen LogP contribution is -2.49. The van der Waals surface area contributed by atoms with Gasteiger partial charge in [-0.15, -0.1) is 0 Å². The normalized spacial score (nSPS) is 16.4. The summed E-state index contributed by atoms with van der Waals surface area (Å²) in [7, 11) is 0. The van der Waals surface area contributed by atoms with Gasteiger partial charge < -0.3 is 14.2 Å². The molecule has 7 heteroatoms. The number of amides is 1. The van der Waals surface area contributed by atoms with Crippen LogP contribution in [-0.2, 0) is 30.2 Å². The summed E-state index contributed by atoms with van der Waals surface area (Å²) in [4.78, 5) is 39.8. The first-order chi connectivity index (χ1) is 13.2. The third-order valence-corrected chi connectivity index (χ3v) is 4.36. The molecular weight excluding hydrogens is 362 g/mol. The molecule has 0 saturated carbocycles. The Morgan fingerprint density at radius 2 is 1.64 bits per heavy atom. The van der Waals surface area contributed by atoms with Crippen molar-refractivity contribution >= 4 is 18.0 Å². The van der Waals surface area contributed by atoms with Gasteiger partial charge in [-0.25, -0.2) is 4.79 Å². The molecule has 0 aliphatic carbocycles. The average Bonchev–Trinajstić information content (AvgIpc) is 2.61. The summed E-state index contributed by atoms with van der Waals surface area (Å²) in [6.07, 6.45) is 0.0233. The molecule has 0 fully saturated rings. The molecule has 2 rings (SSSR count). The summed E-state index contributed by atoms with van der Waals surface area (Å²) >= 11 is 0. The van der Waals surface area contributed by atoms with Crippen molar-refractivity contribution in [2.75, 3.05) is 19.8 Å². The number of carbonyl (C=O) groups is 3. The van der Waals surface area contributed by atoms with E-state index in [1.54, 1.807) is 34.6 Å². The first-order valence-electron chi connectivity index (χ1n) is 9.60. The zero-order valence-electron chi connectivity index (χ0n) is 17.2. The van der Waals surface area contributed by atoms with Crippen LogP contribution >= 0.6 is 0 Å². The van der Waals surface area contributed by atoms with Crippen molar-refractivity contribution in [3.63, 3.8) is 0 Å². The number of rotatable bonds is 5. The van der Waals surface area contributed by atoms with Gasteiger partial charge in [-0.1, -0.05) is 24.3 Å². The van der Waals surface area contributed by atoms with Crippen LogP contribution in [0.3, 0.4) is 0 Å². The van der Waals surface area contributed by atoms with Gasteiger partial charge in [-0.3, -0.25) is 14.5 Å². The zero-order chi connectivity index (χ0) is 20.9. The summed E-state index contributed by atoms with van der Waals surface area (Å²) in [6.45, 7) is 9.21. The standard InChI is InChI=1S/C21H29NO6/c1-6-26-18(23)16(19(24)27-7-2)17-15-11-9-8-10-14(15)12-13-22(17)20(25)28-21(3,4)5/h8-11,16-17H,6-7,12-13H2,1-5H3. The Morgan fingerprint density at radius 1 is 1.07 bits per heavy atom. The molecule has 1 aliphatic rings. The van der Waals surface area contributed by atoms with E-state index in [0.29, 0.717) is 13.0 Å². The second kappa shape index (κ2) is 9.08. The van der Waals surface area contributed by atoms with E-state index in [4.69, 9.17) is 14.2 Å². The van der Waals surface area contributed by atoms with Gasteiger partial charge in [0.1, 0.15) is 5.60 Å². The van der Waals surface area contributed by atoms with E-state index in [1.807, 2.05) is 24.3 Å². The highest BCUT2D eigenvalue weighted by Gasteiger charge is 2.46. The smallest absolute Gasteiger partial charge is 0.410 e. The molecule has 154 valence electrons. The van der Waals surface area contributed by atoms with E-state index >= 15 is 0 Å². The predicted octanol–water partition coefficient (Wildman–Crippen LogP) is 3.26. The van der Waals surface area contributed by atoms with Crippen molar-refractivity contribution < 1.29 is 28.6 Å². The van der Waals surface area contributed by atoms with Crippen LogP contribution in [0.1, 0.15) is 51.8 Å². The molecular formula is C21H29NO6. The van der Waals surface area contributed by atoms with Crippen molar-refractivity contribution in [2.24, 2.45) is 5.92 Å². The first-order valence-corrected chi connectivity index (χ1v) is 9.60. The number of carbonyl (C=O) groups excluding carboxylic acids is 3. The summed E-state index contributed by atoms with van der Waals surface area (Å²) in [5, 5.41) is 0. The van der Waals surface area contributed by atoms with Gasteiger partial charge in [0.15, 0.2) is 5.92 Å². The Morgan fingerprint density at radius 3 is 2.18 bits per heavy atom. The topological polar surface area (TPSA) is 82.1 Å². The summed E-state index contributed by atoms with van der Waals surface area (Å²) in [5.41, 5.74) is 0.999. The number of fused-ring (bicyclic) bond motifs is 1. The molecule has 1 aromatic rings. The van der Waals surface area contributed by atoms with Crippen LogP contribution in [-0.4, -0.2) is 48.3 Å². The van der Waals surface area contributed by atoms with E-state index < -0.39 is 35.6 Å². The molecule has 1 amide bonds. The third kappa shape index (κ3) is 5.03. The molecule has 0 saturated heterocycles. The second-order valence-electron chi connectivity index (χ2n) is 7.55. The minimum Gasteiger partial charge on any atom is -0.465 e. The largest absolute Gasteiger partial charge is 0.465 e. The van der Waals surface area contributed by atoms with Crippen LogP contribution < -0.4 is 0 Å². The van der Waals surface area contributed by atoms with E-state index in [2.05, 4.69) is 0 Å². The maximum atomic E-state index is 12.9. The molecule has 1 aromatic carbocycles. The summed E-state index contributed by atoms with van der Waals surface area (Å²) in [6, 6.07) is 6.61. The zero-order valence-corrected chi connectivity index (χ0v) is 17.2. The summed E-state index contributed by atoms with van der Waals surface area (Å²) < 4.78 is 15.8. The Kier molecular flexibility index (Phi) is 7.05. The minimum absolute atomic E-state index is 0.121. The van der Waals surface area contributed by atoms with Gasteiger partial charge in [-0.2, -0.15) is 0 Å². The molecule has 1 aliphatic heterocycles. The van der Waals surface area contributed by atoms with Crippen molar-refractivity contribution in [1.82, 2.24) is 4.90 Å². The number of hydrogen-bond acceptors (Lipinski definition) is 6. The van der Waals surface area contributed by atoms with Crippen LogP contribution in [0, 0.1) is 5.92 Å². The van der Waals surface area contributed by atoms with Gasteiger partial charge in [0, 0.05) is 6.54 Å². The number of ether oxygens (including phenoxy) is 3. The first kappa shape index (κ1) is 21.7. The molecule has 28 heavy (non-hydrogen) atoms. The van der Waals surface area contributed by atoms with Crippen LogP contribution in [0.25, 0.3) is 0 Å². The van der Waals surface area contributed by atoms with E-state index in [0.717, 1.165) is 11.1 Å². The fourth-order valence-corrected chi connectivity index (χ4v) is 3.30. The molecule has 0 spiro atoms. The van der Waals surface area contributed by atoms with Crippen molar-refractivity contribution in [3.05, 3.63) is 35.4 Å². The monoisotopic (exact) mass is 391 g/mol. The molecule has 1 unspecified atom stereocenters. The molecule has 1 heterocycles. The van der Waals surface area contributed by atoms with Crippen molar-refractivity contribution in [1.29, 1.82) is 0 Å². The van der Waals surface area contributed by atoms with E-state index in [-0.39, 0.29) is 13.2 Å². The predicted molar refractivity (Wildman–Crippen MR) is 103 cm³/mol. The summed E-state index contributed by atoms with van der Waals surface area (Å²) in [5.74, 6) is -2.71. The van der Waals surface area contributed by atoms with Crippen LogP contribution in [0.4, 0.5) is 4.79 Å². The van der Waals surface area contributed by atoms with Crippen LogP contribution in [0.2, 0.25) is 0 Å². The number of benzene rings is 1. The van der Waals surface area contributed by atoms with E-state index in [1.165, 1.54) is 4.90 Å².